The first-order valence-corrected chi connectivity index (χ1v) is 10.3. The molecule has 158 valence electrons. The summed E-state index contributed by atoms with van der Waals surface area (Å²) in [5.74, 6) is -2.05. The van der Waals surface area contributed by atoms with Gasteiger partial charge in [0.2, 0.25) is 17.7 Å². The van der Waals surface area contributed by atoms with Crippen LogP contribution in [0.1, 0.15) is 53.3 Å². The lowest BCUT2D eigenvalue weighted by Gasteiger charge is -2.34. The first-order chi connectivity index (χ1) is 14.4. The zero-order valence-electron chi connectivity index (χ0n) is 16.8. The highest BCUT2D eigenvalue weighted by Gasteiger charge is 2.46. The number of rotatable bonds is 4. The molecule has 4 rings (SSSR count). The zero-order valence-corrected chi connectivity index (χ0v) is 16.8. The summed E-state index contributed by atoms with van der Waals surface area (Å²) in [6, 6.07) is 4.13. The number of nitrogens with one attached hydrogen (secondary N) is 2. The quantitative estimate of drug-likeness (QED) is 0.694. The predicted octanol–water partition coefficient (Wildman–Crippen LogP) is 0.440. The Morgan fingerprint density at radius 1 is 1.10 bits per heavy atom. The van der Waals surface area contributed by atoms with E-state index in [9.17, 15) is 24.0 Å². The van der Waals surface area contributed by atoms with Crippen LogP contribution in [0, 0.1) is 5.92 Å². The highest BCUT2D eigenvalue weighted by Crippen LogP contribution is 2.35. The molecule has 3 heterocycles. The largest absolute Gasteiger partial charge is 0.371 e. The molecule has 3 aliphatic heterocycles. The van der Waals surface area contributed by atoms with Gasteiger partial charge in [0.05, 0.1) is 16.8 Å². The van der Waals surface area contributed by atoms with E-state index in [4.69, 9.17) is 0 Å². The third kappa shape index (κ3) is 3.34. The fraction of sp³-hybridized carbons (Fsp3) is 0.476. The highest BCUT2D eigenvalue weighted by molar-refractivity contribution is 6.25. The molecule has 30 heavy (non-hydrogen) atoms. The Hall–Kier alpha value is -3.23. The average molecular weight is 412 g/mol. The molecule has 3 aliphatic rings. The Morgan fingerprint density at radius 2 is 1.83 bits per heavy atom. The summed E-state index contributed by atoms with van der Waals surface area (Å²) >= 11 is 0. The Morgan fingerprint density at radius 3 is 2.50 bits per heavy atom. The van der Waals surface area contributed by atoms with Crippen LogP contribution in [0.5, 0.6) is 0 Å². The summed E-state index contributed by atoms with van der Waals surface area (Å²) in [6.45, 7) is 3.67. The van der Waals surface area contributed by atoms with Crippen LogP contribution in [0.3, 0.4) is 0 Å². The minimum atomic E-state index is -0.980. The van der Waals surface area contributed by atoms with Crippen molar-refractivity contribution in [2.75, 3.05) is 24.5 Å². The van der Waals surface area contributed by atoms with Gasteiger partial charge < -0.3 is 10.2 Å². The van der Waals surface area contributed by atoms with E-state index in [1.807, 2.05) is 11.8 Å². The molecule has 0 bridgehead atoms. The minimum absolute atomic E-state index is 0.0470. The van der Waals surface area contributed by atoms with Crippen LogP contribution in [-0.2, 0) is 14.4 Å². The molecule has 1 atom stereocenters. The second-order valence-corrected chi connectivity index (χ2v) is 7.80. The maximum atomic E-state index is 13.2. The van der Waals surface area contributed by atoms with Crippen molar-refractivity contribution in [2.45, 2.75) is 38.6 Å². The number of piperidine rings is 2. The molecule has 2 N–H and O–H groups in total. The van der Waals surface area contributed by atoms with E-state index in [1.54, 1.807) is 18.2 Å². The first kappa shape index (κ1) is 20.1. The van der Waals surface area contributed by atoms with Crippen molar-refractivity contribution in [3.8, 4) is 0 Å². The minimum Gasteiger partial charge on any atom is -0.371 e. The molecule has 2 fully saturated rings. The standard InChI is InChI=1S/C21H24N4O5/c1-2-22-18(27)12-8-10-24(11-9-12)14-5-3-4-13-17(14)21(30)25(20(13)29)15-6-7-16(26)23-19(15)28/h3-5,12,15H,2,6-11H2,1H3,(H,22,27)(H,23,26,28). The molecule has 9 nitrogen and oxygen atoms in total. The predicted molar refractivity (Wildman–Crippen MR) is 107 cm³/mol. The van der Waals surface area contributed by atoms with Crippen molar-refractivity contribution in [2.24, 2.45) is 5.92 Å². The molecule has 2 saturated heterocycles. The molecule has 1 unspecified atom stereocenters. The number of fused-ring (bicyclic) bond motifs is 1. The van der Waals surface area contributed by atoms with Crippen molar-refractivity contribution in [1.82, 2.24) is 15.5 Å². The van der Waals surface area contributed by atoms with Crippen LogP contribution < -0.4 is 15.5 Å². The van der Waals surface area contributed by atoms with E-state index in [2.05, 4.69) is 10.6 Å². The summed E-state index contributed by atoms with van der Waals surface area (Å²) in [7, 11) is 0. The van der Waals surface area contributed by atoms with Crippen LogP contribution in [-0.4, -0.2) is 60.1 Å². The van der Waals surface area contributed by atoms with Crippen LogP contribution in [0.25, 0.3) is 0 Å². The Labute approximate surface area is 173 Å². The van der Waals surface area contributed by atoms with Gasteiger partial charge >= 0.3 is 0 Å². The van der Waals surface area contributed by atoms with Gasteiger partial charge in [0.15, 0.2) is 0 Å². The van der Waals surface area contributed by atoms with Crippen molar-refractivity contribution in [1.29, 1.82) is 0 Å². The number of nitrogens with zero attached hydrogens (tertiary/aromatic N) is 2. The third-order valence-electron chi connectivity index (χ3n) is 6.00. The van der Waals surface area contributed by atoms with E-state index in [1.165, 1.54) is 0 Å². The Balaban J connectivity index is 1.56. The monoisotopic (exact) mass is 412 g/mol. The third-order valence-corrected chi connectivity index (χ3v) is 6.00. The molecular weight excluding hydrogens is 388 g/mol. The fourth-order valence-corrected chi connectivity index (χ4v) is 4.46. The number of imide groups is 2. The van der Waals surface area contributed by atoms with E-state index >= 15 is 0 Å². The summed E-state index contributed by atoms with van der Waals surface area (Å²) < 4.78 is 0. The number of hydrogen-bond acceptors (Lipinski definition) is 6. The van der Waals surface area contributed by atoms with Crippen molar-refractivity contribution >= 4 is 35.2 Å². The number of hydrogen-bond donors (Lipinski definition) is 2. The summed E-state index contributed by atoms with van der Waals surface area (Å²) in [5.41, 5.74) is 1.21. The molecule has 0 radical (unpaired) electrons. The van der Waals surface area contributed by atoms with Gasteiger partial charge in [0.25, 0.3) is 11.8 Å². The molecular formula is C21H24N4O5. The van der Waals surface area contributed by atoms with E-state index in [0.29, 0.717) is 43.7 Å². The molecule has 0 saturated carbocycles. The summed E-state index contributed by atoms with van der Waals surface area (Å²) in [4.78, 5) is 64.9. The van der Waals surface area contributed by atoms with Gasteiger partial charge in [-0.25, -0.2) is 0 Å². The lowest BCUT2D eigenvalue weighted by molar-refractivity contribution is -0.136. The molecule has 9 heteroatoms. The summed E-state index contributed by atoms with van der Waals surface area (Å²) in [6.07, 6.45) is 1.54. The molecule has 5 amide bonds. The number of anilines is 1. The Bertz CT molecular complexity index is 935. The van der Waals surface area contributed by atoms with Gasteiger partial charge in [-0.15, -0.1) is 0 Å². The van der Waals surface area contributed by atoms with Gasteiger partial charge in [-0.2, -0.15) is 0 Å². The van der Waals surface area contributed by atoms with Crippen LogP contribution in [0.4, 0.5) is 5.69 Å². The molecule has 0 spiro atoms. The van der Waals surface area contributed by atoms with Crippen molar-refractivity contribution in [3.05, 3.63) is 29.3 Å². The fourth-order valence-electron chi connectivity index (χ4n) is 4.46. The highest BCUT2D eigenvalue weighted by atomic mass is 16.2. The van der Waals surface area contributed by atoms with Crippen molar-refractivity contribution < 1.29 is 24.0 Å². The normalized spacial score (nSPS) is 22.2. The number of carbonyl (C=O) groups excluding carboxylic acids is 5. The maximum absolute atomic E-state index is 13.2. The first-order valence-electron chi connectivity index (χ1n) is 10.3. The topological polar surface area (TPSA) is 116 Å². The summed E-state index contributed by atoms with van der Waals surface area (Å²) in [5, 5.41) is 5.05. The van der Waals surface area contributed by atoms with Gasteiger partial charge in [-0.05, 0) is 38.3 Å². The lowest BCUT2D eigenvalue weighted by atomic mass is 9.94. The van der Waals surface area contributed by atoms with E-state index in [-0.39, 0.29) is 30.2 Å². The van der Waals surface area contributed by atoms with E-state index in [0.717, 1.165) is 4.90 Å². The van der Waals surface area contributed by atoms with Gasteiger partial charge in [0.1, 0.15) is 6.04 Å². The van der Waals surface area contributed by atoms with Gasteiger partial charge in [-0.3, -0.25) is 34.2 Å². The van der Waals surface area contributed by atoms with Gasteiger partial charge in [-0.1, -0.05) is 6.07 Å². The average Bonchev–Trinajstić information content (AvgIpc) is 2.99. The van der Waals surface area contributed by atoms with Crippen LogP contribution in [0.15, 0.2) is 18.2 Å². The van der Waals surface area contributed by atoms with Gasteiger partial charge in [0, 0.05) is 32.0 Å². The Kier molecular flexibility index (Phi) is 5.27. The number of amides is 5. The molecule has 0 aromatic heterocycles. The lowest BCUT2D eigenvalue weighted by Crippen LogP contribution is -2.54. The molecule has 1 aromatic carbocycles. The number of carbonyl (C=O) groups is 5. The molecule has 1 aromatic rings. The molecule has 0 aliphatic carbocycles. The second kappa shape index (κ2) is 7.89. The van der Waals surface area contributed by atoms with Crippen LogP contribution in [0.2, 0.25) is 0 Å². The SMILES string of the molecule is CCNC(=O)C1CCN(c2cccc3c2C(=O)N(C2CCC(=O)NC2=O)C3=O)CC1. The van der Waals surface area contributed by atoms with Crippen molar-refractivity contribution in [3.63, 3.8) is 0 Å². The number of benzene rings is 1. The zero-order chi connectivity index (χ0) is 21.4. The van der Waals surface area contributed by atoms with Crippen LogP contribution >= 0.6 is 0 Å². The maximum Gasteiger partial charge on any atom is 0.264 e. The second-order valence-electron chi connectivity index (χ2n) is 7.80. The smallest absolute Gasteiger partial charge is 0.264 e. The van der Waals surface area contributed by atoms with E-state index < -0.39 is 29.7 Å².